The maximum Gasteiger partial charge on any atom is 0.251 e. The third kappa shape index (κ3) is 7.32. The topological polar surface area (TPSA) is 68.8 Å². The van der Waals surface area contributed by atoms with Crippen molar-refractivity contribution in [3.63, 3.8) is 0 Å². The Labute approximate surface area is 204 Å². The van der Waals surface area contributed by atoms with Crippen molar-refractivity contribution in [2.45, 2.75) is 25.8 Å². The lowest BCUT2D eigenvalue weighted by molar-refractivity contribution is 0.0953. The molecule has 9 heteroatoms. The Balaban J connectivity index is 0.00000363. The molecule has 0 aromatic heterocycles. The van der Waals surface area contributed by atoms with Crippen LogP contribution >= 0.6 is 24.0 Å². The Morgan fingerprint density at radius 3 is 2.50 bits per heavy atom. The summed E-state index contributed by atoms with van der Waals surface area (Å²) in [6.45, 7) is 4.82. The molecular formula is C23H30F2IN5O. The van der Waals surface area contributed by atoms with Gasteiger partial charge in [0, 0.05) is 44.3 Å². The van der Waals surface area contributed by atoms with E-state index in [9.17, 15) is 13.6 Å². The maximum atomic E-state index is 14.0. The Morgan fingerprint density at radius 2 is 1.81 bits per heavy atom. The Morgan fingerprint density at radius 1 is 1.09 bits per heavy atom. The Bertz CT molecular complexity index is 877. The van der Waals surface area contributed by atoms with Crippen LogP contribution in [0.3, 0.4) is 0 Å². The smallest absolute Gasteiger partial charge is 0.251 e. The predicted molar refractivity (Wildman–Crippen MR) is 135 cm³/mol. The summed E-state index contributed by atoms with van der Waals surface area (Å²) < 4.78 is 28.1. The molecule has 6 nitrogen and oxygen atoms in total. The minimum Gasteiger partial charge on any atom is -0.365 e. The molecule has 0 radical (unpaired) electrons. The molecular weight excluding hydrogens is 527 g/mol. The molecule has 1 unspecified atom stereocenters. The van der Waals surface area contributed by atoms with Crippen LogP contribution in [0.5, 0.6) is 0 Å². The molecule has 1 fully saturated rings. The zero-order chi connectivity index (χ0) is 22.1. The molecule has 0 saturated carbocycles. The van der Waals surface area contributed by atoms with E-state index < -0.39 is 11.6 Å². The number of anilines is 1. The molecule has 0 spiro atoms. The second-order valence-electron chi connectivity index (χ2n) is 7.38. The number of rotatable bonds is 8. The summed E-state index contributed by atoms with van der Waals surface area (Å²) in [6, 6.07) is 13.1. The van der Waals surface area contributed by atoms with Gasteiger partial charge in [-0.05, 0) is 44.0 Å². The maximum absolute atomic E-state index is 14.0. The van der Waals surface area contributed by atoms with Crippen molar-refractivity contribution in [1.29, 1.82) is 0 Å². The normalized spacial score (nSPS) is 15.8. The van der Waals surface area contributed by atoms with Crippen molar-refractivity contribution in [2.24, 2.45) is 4.99 Å². The number of benzene rings is 2. The average molecular weight is 557 g/mol. The molecule has 1 aliphatic rings. The van der Waals surface area contributed by atoms with Crippen molar-refractivity contribution >= 4 is 41.5 Å². The molecule has 1 atom stereocenters. The first-order valence-corrected chi connectivity index (χ1v) is 10.7. The van der Waals surface area contributed by atoms with E-state index in [1.807, 2.05) is 25.1 Å². The summed E-state index contributed by atoms with van der Waals surface area (Å²) in [5.74, 6) is -0.517. The average Bonchev–Trinajstić information content (AvgIpc) is 3.22. The summed E-state index contributed by atoms with van der Waals surface area (Å²) in [6.07, 6.45) is 1.46. The number of halogens is 3. The van der Waals surface area contributed by atoms with E-state index in [-0.39, 0.29) is 41.6 Å². The van der Waals surface area contributed by atoms with Crippen molar-refractivity contribution in [2.75, 3.05) is 37.6 Å². The zero-order valence-corrected chi connectivity index (χ0v) is 20.4. The first-order chi connectivity index (χ1) is 15.1. The summed E-state index contributed by atoms with van der Waals surface area (Å²) >= 11 is 0. The fourth-order valence-corrected chi connectivity index (χ4v) is 3.55. The molecule has 3 rings (SSSR count). The molecule has 2 aromatic carbocycles. The molecule has 32 heavy (non-hydrogen) atoms. The van der Waals surface area contributed by atoms with Gasteiger partial charge in [0.2, 0.25) is 0 Å². The molecule has 3 N–H and O–H groups in total. The molecule has 0 bridgehead atoms. The highest BCUT2D eigenvalue weighted by atomic mass is 127. The van der Waals surface area contributed by atoms with Gasteiger partial charge < -0.3 is 20.9 Å². The van der Waals surface area contributed by atoms with E-state index in [1.165, 1.54) is 18.2 Å². The minimum atomic E-state index is -0.543. The van der Waals surface area contributed by atoms with Gasteiger partial charge in [0.25, 0.3) is 5.91 Å². The number of carbonyl (C=O) groups is 1. The van der Waals surface area contributed by atoms with Gasteiger partial charge in [-0.25, -0.2) is 8.78 Å². The third-order valence-electron chi connectivity index (χ3n) is 5.05. The van der Waals surface area contributed by atoms with Crippen LogP contribution in [-0.2, 0) is 0 Å². The molecule has 2 aromatic rings. The summed E-state index contributed by atoms with van der Waals surface area (Å²) in [7, 11) is 0. The monoisotopic (exact) mass is 557 g/mol. The molecule has 1 aliphatic heterocycles. The Kier molecular flexibility index (Phi) is 10.6. The van der Waals surface area contributed by atoms with Crippen LogP contribution in [0.4, 0.5) is 14.5 Å². The highest BCUT2D eigenvalue weighted by Crippen LogP contribution is 2.26. The summed E-state index contributed by atoms with van der Waals surface area (Å²) in [5.41, 5.74) is 0.668. The number of nitrogens with one attached hydrogen (secondary N) is 3. The quantitative estimate of drug-likeness (QED) is 0.201. The van der Waals surface area contributed by atoms with E-state index in [0.29, 0.717) is 50.7 Å². The van der Waals surface area contributed by atoms with Crippen molar-refractivity contribution < 1.29 is 13.6 Å². The van der Waals surface area contributed by atoms with Gasteiger partial charge in [0.15, 0.2) is 5.96 Å². The number of hydrogen-bond donors (Lipinski definition) is 3. The fourth-order valence-electron chi connectivity index (χ4n) is 3.55. The second-order valence-corrected chi connectivity index (χ2v) is 7.38. The van der Waals surface area contributed by atoms with Crippen LogP contribution in [0, 0.1) is 11.6 Å². The largest absolute Gasteiger partial charge is 0.365 e. The van der Waals surface area contributed by atoms with Crippen LogP contribution in [0.2, 0.25) is 0 Å². The van der Waals surface area contributed by atoms with Crippen LogP contribution in [0.1, 0.15) is 30.1 Å². The molecule has 0 aliphatic carbocycles. The van der Waals surface area contributed by atoms with Gasteiger partial charge in [-0.15, -0.1) is 24.0 Å². The van der Waals surface area contributed by atoms with E-state index in [2.05, 4.69) is 20.9 Å². The van der Waals surface area contributed by atoms with Crippen LogP contribution in [-0.4, -0.2) is 50.6 Å². The predicted octanol–water partition coefficient (Wildman–Crippen LogP) is 3.54. The first kappa shape index (κ1) is 25.8. The van der Waals surface area contributed by atoms with Crippen molar-refractivity contribution in [3.8, 4) is 0 Å². The van der Waals surface area contributed by atoms with Gasteiger partial charge in [-0.3, -0.25) is 9.79 Å². The first-order valence-electron chi connectivity index (χ1n) is 10.7. The molecule has 1 heterocycles. The highest BCUT2D eigenvalue weighted by Gasteiger charge is 2.27. The van der Waals surface area contributed by atoms with Crippen molar-refractivity contribution in [1.82, 2.24) is 16.0 Å². The number of nitrogens with zero attached hydrogens (tertiary/aromatic N) is 2. The number of para-hydroxylation sites is 1. The van der Waals surface area contributed by atoms with Gasteiger partial charge >= 0.3 is 0 Å². The van der Waals surface area contributed by atoms with Crippen LogP contribution < -0.4 is 20.9 Å². The summed E-state index contributed by atoms with van der Waals surface area (Å²) in [5, 5.41) is 9.43. The second kappa shape index (κ2) is 13.2. The lowest BCUT2D eigenvalue weighted by Gasteiger charge is -2.21. The summed E-state index contributed by atoms with van der Waals surface area (Å²) in [4.78, 5) is 18.3. The minimum absolute atomic E-state index is 0. The van der Waals surface area contributed by atoms with E-state index in [4.69, 9.17) is 0 Å². The fraction of sp³-hybridized carbons (Fsp3) is 0.391. The molecule has 174 valence electrons. The van der Waals surface area contributed by atoms with Crippen molar-refractivity contribution in [3.05, 3.63) is 65.7 Å². The Hall–Kier alpha value is -2.43. The SMILES string of the molecule is CCNC(=NCCCNC(=O)c1ccccc1)NC1CCN(c2c(F)cccc2F)C1.I. The number of aliphatic imine (C=N–C) groups is 1. The van der Waals surface area contributed by atoms with Gasteiger partial charge in [-0.2, -0.15) is 0 Å². The highest BCUT2D eigenvalue weighted by molar-refractivity contribution is 14.0. The molecule has 1 saturated heterocycles. The van der Waals surface area contributed by atoms with Crippen LogP contribution in [0.25, 0.3) is 0 Å². The number of guanidine groups is 1. The third-order valence-corrected chi connectivity index (χ3v) is 5.05. The van der Waals surface area contributed by atoms with E-state index in [1.54, 1.807) is 17.0 Å². The lowest BCUT2D eigenvalue weighted by atomic mass is 10.2. The lowest BCUT2D eigenvalue weighted by Crippen LogP contribution is -2.44. The van der Waals surface area contributed by atoms with Gasteiger partial charge in [-0.1, -0.05) is 24.3 Å². The standard InChI is InChI=1S/C23H29F2N5O.HI/c1-2-26-23(28-14-7-13-27-22(31)17-8-4-3-5-9-17)29-18-12-15-30(16-18)21-19(24)10-6-11-20(21)25;/h3-6,8-11,18H,2,7,12-16H2,1H3,(H,27,31)(H2,26,28,29);1H. The van der Waals surface area contributed by atoms with Gasteiger partial charge in [0.1, 0.15) is 17.3 Å². The van der Waals surface area contributed by atoms with Crippen LogP contribution in [0.15, 0.2) is 53.5 Å². The number of carbonyl (C=O) groups excluding carboxylic acids is 1. The number of amides is 1. The van der Waals surface area contributed by atoms with E-state index >= 15 is 0 Å². The van der Waals surface area contributed by atoms with E-state index in [0.717, 1.165) is 6.42 Å². The number of hydrogen-bond acceptors (Lipinski definition) is 3. The van der Waals surface area contributed by atoms with Gasteiger partial charge in [0.05, 0.1) is 0 Å². The molecule has 1 amide bonds. The zero-order valence-electron chi connectivity index (χ0n) is 18.1.